The second-order valence-corrected chi connectivity index (χ2v) is 11.0. The molecule has 0 saturated carbocycles. The van der Waals surface area contributed by atoms with Crippen LogP contribution in [0.4, 0.5) is 21.9 Å². The van der Waals surface area contributed by atoms with Gasteiger partial charge in [0.1, 0.15) is 5.75 Å². The van der Waals surface area contributed by atoms with Gasteiger partial charge in [0, 0.05) is 67.8 Å². The van der Waals surface area contributed by atoms with Gasteiger partial charge >= 0.3 is 6.03 Å². The molecule has 2 aromatic carbocycles. The van der Waals surface area contributed by atoms with Gasteiger partial charge in [-0.15, -0.1) is 0 Å². The van der Waals surface area contributed by atoms with Gasteiger partial charge in [0.05, 0.1) is 24.6 Å². The minimum absolute atomic E-state index is 0.0348. The molecule has 0 spiro atoms. The molecular weight excluding hydrogens is 522 g/mol. The lowest BCUT2D eigenvalue weighted by molar-refractivity contribution is 0.0858. The molecule has 0 radical (unpaired) electrons. The van der Waals surface area contributed by atoms with Crippen molar-refractivity contribution in [2.24, 2.45) is 5.92 Å². The van der Waals surface area contributed by atoms with Crippen molar-refractivity contribution in [1.82, 2.24) is 9.88 Å². The number of methoxy groups -OCH3 is 1. The number of rotatable bonds is 7. The summed E-state index contributed by atoms with van der Waals surface area (Å²) in [5.74, 6) is 0.915. The van der Waals surface area contributed by atoms with Crippen LogP contribution in [-0.4, -0.2) is 56.0 Å². The van der Waals surface area contributed by atoms with Gasteiger partial charge in [0.2, 0.25) is 0 Å². The summed E-state index contributed by atoms with van der Waals surface area (Å²) in [6.45, 7) is 3.30. The summed E-state index contributed by atoms with van der Waals surface area (Å²) >= 11 is 0. The van der Waals surface area contributed by atoms with E-state index < -0.39 is 6.03 Å². The molecule has 3 N–H and O–H groups in total. The van der Waals surface area contributed by atoms with E-state index in [2.05, 4.69) is 20.9 Å². The second kappa shape index (κ2) is 11.7. The van der Waals surface area contributed by atoms with Crippen molar-refractivity contribution in [2.45, 2.75) is 37.8 Å². The molecule has 10 heteroatoms. The predicted molar refractivity (Wildman–Crippen MR) is 157 cm³/mol. The topological polar surface area (TPSA) is 114 Å². The number of amides is 3. The Balaban J connectivity index is 1.25. The zero-order valence-corrected chi connectivity index (χ0v) is 23.1. The van der Waals surface area contributed by atoms with Gasteiger partial charge in [0.25, 0.3) is 11.5 Å². The number of ether oxygens (including phenoxy) is 2. The largest absolute Gasteiger partial charge is 0.497 e. The van der Waals surface area contributed by atoms with Crippen LogP contribution in [0.5, 0.6) is 5.75 Å². The number of anilines is 3. The lowest BCUT2D eigenvalue weighted by Gasteiger charge is -2.44. The van der Waals surface area contributed by atoms with Crippen LogP contribution in [-0.2, 0) is 11.3 Å². The summed E-state index contributed by atoms with van der Waals surface area (Å²) in [7, 11) is 1.57. The smallest absolute Gasteiger partial charge is 0.323 e. The Labute approximate surface area is 238 Å². The van der Waals surface area contributed by atoms with Gasteiger partial charge in [-0.05, 0) is 61.6 Å². The number of piperidine rings is 1. The van der Waals surface area contributed by atoms with Crippen LogP contribution in [0.2, 0.25) is 0 Å². The van der Waals surface area contributed by atoms with E-state index in [9.17, 15) is 14.4 Å². The molecule has 3 aliphatic heterocycles. The molecule has 10 nitrogen and oxygen atoms in total. The van der Waals surface area contributed by atoms with Crippen LogP contribution in [0.1, 0.15) is 41.2 Å². The van der Waals surface area contributed by atoms with E-state index in [1.54, 1.807) is 49.6 Å². The first-order valence-electron chi connectivity index (χ1n) is 14.2. The fourth-order valence-corrected chi connectivity index (χ4v) is 6.25. The zero-order chi connectivity index (χ0) is 28.3. The molecule has 6 rings (SSSR count). The summed E-state index contributed by atoms with van der Waals surface area (Å²) in [6, 6.07) is 17.6. The Morgan fingerprint density at radius 1 is 1.02 bits per heavy atom. The highest BCUT2D eigenvalue weighted by atomic mass is 16.5. The number of nitrogens with one attached hydrogen (secondary N) is 3. The average molecular weight is 558 g/mol. The molecule has 2 bridgehead atoms. The van der Waals surface area contributed by atoms with E-state index in [1.165, 1.54) is 0 Å². The molecular formula is C31H35N5O5. The Morgan fingerprint density at radius 2 is 1.90 bits per heavy atom. The molecule has 3 aliphatic rings. The average Bonchev–Trinajstić information content (AvgIpc) is 3.50. The monoisotopic (exact) mass is 557 g/mol. The van der Waals surface area contributed by atoms with Gasteiger partial charge in [-0.3, -0.25) is 9.59 Å². The van der Waals surface area contributed by atoms with Crippen LogP contribution in [0.25, 0.3) is 0 Å². The number of fused-ring (bicyclic) bond motifs is 4. The fraction of sp³-hybridized carbons (Fsp3) is 0.387. The molecule has 3 aromatic rings. The van der Waals surface area contributed by atoms with Gasteiger partial charge in [-0.25, -0.2) is 4.79 Å². The van der Waals surface area contributed by atoms with E-state index in [0.717, 1.165) is 43.8 Å². The summed E-state index contributed by atoms with van der Waals surface area (Å²) in [5.41, 5.74) is 3.51. The molecule has 3 atom stereocenters. The van der Waals surface area contributed by atoms with Crippen molar-refractivity contribution in [3.05, 3.63) is 82.3 Å². The third-order valence-electron chi connectivity index (χ3n) is 8.17. The number of hydrogen-bond donors (Lipinski definition) is 3. The van der Waals surface area contributed by atoms with Gasteiger partial charge in [0.15, 0.2) is 0 Å². The Kier molecular flexibility index (Phi) is 7.65. The molecule has 2 saturated heterocycles. The highest BCUT2D eigenvalue weighted by Gasteiger charge is 2.35. The number of nitrogens with zero attached hydrogens (tertiary/aromatic N) is 2. The van der Waals surface area contributed by atoms with E-state index >= 15 is 0 Å². The van der Waals surface area contributed by atoms with Crippen molar-refractivity contribution >= 4 is 29.0 Å². The third-order valence-corrected chi connectivity index (χ3v) is 8.17. The van der Waals surface area contributed by atoms with Gasteiger partial charge in [-0.1, -0.05) is 12.1 Å². The van der Waals surface area contributed by atoms with Crippen molar-refractivity contribution < 1.29 is 19.1 Å². The predicted octanol–water partition coefficient (Wildman–Crippen LogP) is 4.03. The fourth-order valence-electron chi connectivity index (χ4n) is 6.25. The normalized spacial score (nSPS) is 21.1. The number of aromatic nitrogens is 1. The molecule has 214 valence electrons. The number of benzene rings is 2. The minimum Gasteiger partial charge on any atom is -0.497 e. The maximum atomic E-state index is 13.2. The Bertz CT molecular complexity index is 1500. The van der Waals surface area contributed by atoms with Crippen molar-refractivity contribution in [2.75, 3.05) is 48.9 Å². The Morgan fingerprint density at radius 3 is 2.73 bits per heavy atom. The number of urea groups is 1. The third kappa shape index (κ3) is 5.92. The summed E-state index contributed by atoms with van der Waals surface area (Å²) in [4.78, 5) is 41.0. The number of carbonyl (C=O) groups excluding carboxylic acids is 2. The van der Waals surface area contributed by atoms with Crippen LogP contribution >= 0.6 is 0 Å². The van der Waals surface area contributed by atoms with Gasteiger partial charge in [-0.2, -0.15) is 0 Å². The van der Waals surface area contributed by atoms with Gasteiger partial charge < -0.3 is 34.9 Å². The summed E-state index contributed by atoms with van der Waals surface area (Å²) in [6.07, 6.45) is 2.99. The van der Waals surface area contributed by atoms with Crippen molar-refractivity contribution in [3.8, 4) is 5.75 Å². The lowest BCUT2D eigenvalue weighted by atomic mass is 9.83. The number of pyridine rings is 1. The quantitative estimate of drug-likeness (QED) is 0.404. The second-order valence-electron chi connectivity index (χ2n) is 11.0. The van der Waals surface area contributed by atoms with E-state index in [0.29, 0.717) is 48.2 Å². The molecule has 3 amide bonds. The van der Waals surface area contributed by atoms with E-state index in [-0.39, 0.29) is 23.5 Å². The number of hydrogen-bond acceptors (Lipinski definition) is 6. The zero-order valence-electron chi connectivity index (χ0n) is 23.1. The van der Waals surface area contributed by atoms with Crippen LogP contribution in [0.15, 0.2) is 65.5 Å². The number of carbonyl (C=O) groups is 2. The standard InChI is InChI=1S/C31H35N5O5/c1-40-24-6-2-5-23(15-24)33-31(39)34-26-14-21(30(38)32-16-25-7-4-12-41-25)10-11-28(26)35-17-20-13-22(19-35)27-8-3-9-29(37)36(27)18-20/h2-3,5-6,8-11,14-15,20,22,25H,4,7,12-13,16-19H2,1H3,(H,32,38)(H2,33,34,39)/t20-,22+,25-/m1/s1. The van der Waals surface area contributed by atoms with E-state index in [4.69, 9.17) is 9.47 Å². The highest BCUT2D eigenvalue weighted by Crippen LogP contribution is 2.39. The molecule has 41 heavy (non-hydrogen) atoms. The van der Waals surface area contributed by atoms with Crippen LogP contribution in [0.3, 0.4) is 0 Å². The molecule has 0 aliphatic carbocycles. The van der Waals surface area contributed by atoms with Crippen LogP contribution < -0.4 is 31.1 Å². The summed E-state index contributed by atoms with van der Waals surface area (Å²) in [5, 5.41) is 8.82. The summed E-state index contributed by atoms with van der Waals surface area (Å²) < 4.78 is 12.8. The maximum absolute atomic E-state index is 13.2. The van der Waals surface area contributed by atoms with Crippen molar-refractivity contribution in [1.29, 1.82) is 0 Å². The highest BCUT2D eigenvalue weighted by molar-refractivity contribution is 6.04. The molecule has 1 aromatic heterocycles. The minimum atomic E-state index is -0.425. The SMILES string of the molecule is COc1cccc(NC(=O)Nc2cc(C(=O)NC[C@H]3CCCO3)ccc2N2C[C@H]3C[C@@H](C2)c2cccc(=O)n2C3)c1. The first-order chi connectivity index (χ1) is 20.0. The lowest BCUT2D eigenvalue weighted by Crippen LogP contribution is -2.47. The first kappa shape index (κ1) is 26.9. The van der Waals surface area contributed by atoms with E-state index in [1.807, 2.05) is 22.8 Å². The Hall–Kier alpha value is -4.31. The molecule has 4 heterocycles. The molecule has 2 fully saturated rings. The first-order valence-corrected chi connectivity index (χ1v) is 14.2. The van der Waals surface area contributed by atoms with Crippen molar-refractivity contribution in [3.63, 3.8) is 0 Å². The maximum Gasteiger partial charge on any atom is 0.323 e. The van der Waals surface area contributed by atoms with Crippen LogP contribution in [0, 0.1) is 5.92 Å². The molecule has 0 unspecified atom stereocenters.